The van der Waals surface area contributed by atoms with Gasteiger partial charge in [-0.2, -0.15) is 0 Å². The molecule has 0 aromatic heterocycles. The third-order valence-electron chi connectivity index (χ3n) is 4.67. The second-order valence-corrected chi connectivity index (χ2v) is 5.81. The molecular formula is C14H25N3O2. The number of carbonyl (C=O) groups excluding carboxylic acids is 1. The quantitative estimate of drug-likeness (QED) is 0.768. The Kier molecular flexibility index (Phi) is 4.35. The van der Waals surface area contributed by atoms with Gasteiger partial charge < -0.3 is 15.0 Å². The molecular weight excluding hydrogens is 242 g/mol. The van der Waals surface area contributed by atoms with Crippen molar-refractivity contribution in [2.45, 2.75) is 37.8 Å². The van der Waals surface area contributed by atoms with Crippen molar-refractivity contribution in [3.8, 4) is 0 Å². The fraction of sp³-hybridized carbons (Fsp3) is 0.929. The van der Waals surface area contributed by atoms with Gasteiger partial charge in [0.15, 0.2) is 0 Å². The zero-order chi connectivity index (χ0) is 13.1. The van der Waals surface area contributed by atoms with E-state index in [1.165, 1.54) is 6.42 Å². The Hall–Kier alpha value is -0.650. The fourth-order valence-electron chi connectivity index (χ4n) is 3.60. The Labute approximate surface area is 115 Å². The van der Waals surface area contributed by atoms with Crippen LogP contribution in [0.15, 0.2) is 0 Å². The largest absolute Gasteiger partial charge is 0.381 e. The predicted octanol–water partition coefficient (Wildman–Crippen LogP) is 0.0616. The van der Waals surface area contributed by atoms with Crippen LogP contribution in [0.1, 0.15) is 25.7 Å². The monoisotopic (exact) mass is 267 g/mol. The van der Waals surface area contributed by atoms with Gasteiger partial charge >= 0.3 is 0 Å². The van der Waals surface area contributed by atoms with Crippen molar-refractivity contribution >= 4 is 5.91 Å². The zero-order valence-corrected chi connectivity index (χ0v) is 11.6. The van der Waals surface area contributed by atoms with Crippen molar-refractivity contribution in [1.29, 1.82) is 0 Å². The number of rotatable bonds is 2. The van der Waals surface area contributed by atoms with Gasteiger partial charge in [-0.25, -0.2) is 0 Å². The van der Waals surface area contributed by atoms with Crippen LogP contribution < -0.4 is 5.32 Å². The molecule has 0 aromatic carbocycles. The smallest absolute Gasteiger partial charge is 0.240 e. The van der Waals surface area contributed by atoms with E-state index in [1.54, 1.807) is 0 Å². The molecule has 108 valence electrons. The van der Waals surface area contributed by atoms with Gasteiger partial charge in [0.2, 0.25) is 5.91 Å². The van der Waals surface area contributed by atoms with Crippen molar-refractivity contribution in [3.05, 3.63) is 0 Å². The number of nitrogens with one attached hydrogen (secondary N) is 1. The number of hydrogen-bond donors (Lipinski definition) is 1. The van der Waals surface area contributed by atoms with Gasteiger partial charge in [0.1, 0.15) is 0 Å². The van der Waals surface area contributed by atoms with E-state index in [2.05, 4.69) is 15.1 Å². The molecule has 3 saturated heterocycles. The van der Waals surface area contributed by atoms with E-state index in [1.807, 2.05) is 0 Å². The number of nitrogens with zero attached hydrogens (tertiary/aromatic N) is 2. The van der Waals surface area contributed by atoms with E-state index >= 15 is 0 Å². The highest BCUT2D eigenvalue weighted by Gasteiger charge is 2.38. The van der Waals surface area contributed by atoms with Crippen LogP contribution >= 0.6 is 0 Å². The summed E-state index contributed by atoms with van der Waals surface area (Å²) in [6, 6.07) is 0.703. The summed E-state index contributed by atoms with van der Waals surface area (Å²) in [6.45, 7) is 6.43. The van der Waals surface area contributed by atoms with Crippen molar-refractivity contribution < 1.29 is 9.53 Å². The standard InChI is InChI=1S/C14H25N3O2/c18-14(16-8-5-15-6-9-16)13-2-1-7-17(13)12-3-10-19-11-4-12/h12-13,15H,1-11H2/t13-/m0/s1. The Balaban J connectivity index is 1.62. The minimum Gasteiger partial charge on any atom is -0.381 e. The summed E-state index contributed by atoms with van der Waals surface area (Å²) in [4.78, 5) is 17.2. The normalized spacial score (nSPS) is 30.7. The zero-order valence-electron chi connectivity index (χ0n) is 11.6. The first kappa shape index (κ1) is 13.3. The van der Waals surface area contributed by atoms with Crippen molar-refractivity contribution in [2.24, 2.45) is 0 Å². The summed E-state index contributed by atoms with van der Waals surface area (Å²) >= 11 is 0. The molecule has 3 fully saturated rings. The molecule has 3 aliphatic heterocycles. The van der Waals surface area contributed by atoms with Crippen LogP contribution in [0.4, 0.5) is 0 Å². The second-order valence-electron chi connectivity index (χ2n) is 5.81. The molecule has 0 spiro atoms. The third kappa shape index (κ3) is 2.93. The lowest BCUT2D eigenvalue weighted by Crippen LogP contribution is -2.54. The maximum Gasteiger partial charge on any atom is 0.240 e. The molecule has 1 atom stereocenters. The number of carbonyl (C=O) groups is 1. The van der Waals surface area contributed by atoms with E-state index < -0.39 is 0 Å². The van der Waals surface area contributed by atoms with Crippen LogP contribution in [-0.4, -0.2) is 73.7 Å². The lowest BCUT2D eigenvalue weighted by Gasteiger charge is -2.37. The van der Waals surface area contributed by atoms with Gasteiger partial charge in [-0.1, -0.05) is 0 Å². The van der Waals surface area contributed by atoms with Crippen molar-refractivity contribution in [3.63, 3.8) is 0 Å². The van der Waals surface area contributed by atoms with Gasteiger partial charge in [-0.05, 0) is 32.2 Å². The maximum absolute atomic E-state index is 12.7. The average molecular weight is 267 g/mol. The molecule has 5 heteroatoms. The van der Waals surface area contributed by atoms with Crippen LogP contribution in [0.5, 0.6) is 0 Å². The van der Waals surface area contributed by atoms with Gasteiger partial charge in [0.05, 0.1) is 6.04 Å². The molecule has 19 heavy (non-hydrogen) atoms. The van der Waals surface area contributed by atoms with Crippen LogP contribution in [0.2, 0.25) is 0 Å². The van der Waals surface area contributed by atoms with E-state index in [4.69, 9.17) is 4.74 Å². The topological polar surface area (TPSA) is 44.8 Å². The highest BCUT2D eigenvalue weighted by atomic mass is 16.5. The number of piperazine rings is 1. The SMILES string of the molecule is O=C([C@@H]1CCCN1C1CCOCC1)N1CCNCC1. The molecule has 1 amide bonds. The fourth-order valence-corrected chi connectivity index (χ4v) is 3.60. The molecule has 1 N–H and O–H groups in total. The molecule has 0 bridgehead atoms. The third-order valence-corrected chi connectivity index (χ3v) is 4.67. The Morgan fingerprint density at radius 2 is 1.79 bits per heavy atom. The Morgan fingerprint density at radius 3 is 2.53 bits per heavy atom. The highest BCUT2D eigenvalue weighted by Crippen LogP contribution is 2.26. The minimum atomic E-state index is 0.140. The summed E-state index contributed by atoms with van der Waals surface area (Å²) in [5, 5.41) is 3.31. The first-order valence-electron chi connectivity index (χ1n) is 7.69. The highest BCUT2D eigenvalue weighted by molar-refractivity contribution is 5.82. The summed E-state index contributed by atoms with van der Waals surface area (Å²) in [6.07, 6.45) is 4.39. The Bertz CT molecular complexity index is 312. The molecule has 0 aliphatic carbocycles. The first-order valence-corrected chi connectivity index (χ1v) is 7.69. The van der Waals surface area contributed by atoms with Gasteiger partial charge in [0, 0.05) is 45.4 Å². The predicted molar refractivity (Wildman–Crippen MR) is 73.0 cm³/mol. The maximum atomic E-state index is 12.7. The van der Waals surface area contributed by atoms with Crippen LogP contribution in [-0.2, 0) is 9.53 Å². The van der Waals surface area contributed by atoms with Crippen molar-refractivity contribution in [1.82, 2.24) is 15.1 Å². The number of likely N-dealkylation sites (tertiary alicyclic amines) is 1. The summed E-state index contributed by atoms with van der Waals surface area (Å²) in [7, 11) is 0. The van der Waals surface area contributed by atoms with Gasteiger partial charge in [-0.15, -0.1) is 0 Å². The molecule has 0 unspecified atom stereocenters. The second kappa shape index (κ2) is 6.20. The van der Waals surface area contributed by atoms with Gasteiger partial charge in [-0.3, -0.25) is 9.69 Å². The van der Waals surface area contributed by atoms with Gasteiger partial charge in [0.25, 0.3) is 0 Å². The van der Waals surface area contributed by atoms with E-state index in [0.29, 0.717) is 11.9 Å². The van der Waals surface area contributed by atoms with E-state index in [0.717, 1.165) is 65.2 Å². The van der Waals surface area contributed by atoms with Crippen molar-refractivity contribution in [2.75, 3.05) is 45.9 Å². The van der Waals surface area contributed by atoms with Crippen LogP contribution in [0.25, 0.3) is 0 Å². The van der Waals surface area contributed by atoms with Crippen LogP contribution in [0.3, 0.4) is 0 Å². The first-order chi connectivity index (χ1) is 9.36. The molecule has 0 aromatic rings. The molecule has 0 radical (unpaired) electrons. The number of ether oxygens (including phenoxy) is 1. The molecule has 0 saturated carbocycles. The molecule has 3 heterocycles. The lowest BCUT2D eigenvalue weighted by molar-refractivity contribution is -0.138. The molecule has 3 rings (SSSR count). The van der Waals surface area contributed by atoms with Crippen LogP contribution in [0, 0.1) is 0 Å². The number of amides is 1. The summed E-state index contributed by atoms with van der Waals surface area (Å²) in [5.74, 6) is 0.366. The molecule has 3 aliphatic rings. The summed E-state index contributed by atoms with van der Waals surface area (Å²) in [5.41, 5.74) is 0. The van der Waals surface area contributed by atoms with E-state index in [-0.39, 0.29) is 6.04 Å². The lowest BCUT2D eigenvalue weighted by atomic mass is 10.1. The average Bonchev–Trinajstić information content (AvgIpc) is 2.98. The Morgan fingerprint density at radius 1 is 1.05 bits per heavy atom. The minimum absolute atomic E-state index is 0.140. The molecule has 5 nitrogen and oxygen atoms in total. The van der Waals surface area contributed by atoms with E-state index in [9.17, 15) is 4.79 Å². The number of hydrogen-bond acceptors (Lipinski definition) is 4. The summed E-state index contributed by atoms with van der Waals surface area (Å²) < 4.78 is 5.44.